The lowest BCUT2D eigenvalue weighted by atomic mass is 9.94. The summed E-state index contributed by atoms with van der Waals surface area (Å²) in [6.07, 6.45) is 2.20. The molecule has 86 valence electrons. The largest absolute Gasteiger partial charge is 0.350 e. The van der Waals surface area contributed by atoms with Gasteiger partial charge in [0.2, 0.25) is 0 Å². The molecule has 2 aromatic rings. The average molecular weight is 281 g/mol. The van der Waals surface area contributed by atoms with Crippen molar-refractivity contribution < 1.29 is 0 Å². The highest BCUT2D eigenvalue weighted by molar-refractivity contribution is 9.10. The minimum atomic E-state index is -0.0136. The molecule has 0 amide bonds. The molecule has 0 aliphatic carbocycles. The number of hydrogen-bond acceptors (Lipinski definition) is 1. The molecular formula is C13H17BrN2. The molecule has 0 aliphatic heterocycles. The van der Waals surface area contributed by atoms with Gasteiger partial charge in [-0.3, -0.25) is 0 Å². The highest BCUT2D eigenvalue weighted by Crippen LogP contribution is 2.31. The highest BCUT2D eigenvalue weighted by Gasteiger charge is 2.22. The first-order valence-electron chi connectivity index (χ1n) is 5.39. The van der Waals surface area contributed by atoms with E-state index in [0.29, 0.717) is 0 Å². The van der Waals surface area contributed by atoms with Gasteiger partial charge >= 0.3 is 0 Å². The van der Waals surface area contributed by atoms with E-state index in [1.54, 1.807) is 0 Å². The standard InChI is InChI=1S/C13H17BrN2/c1-13(2,15-3)11-8-16(4)12-6-5-9(14)7-10(11)12/h5-8,15H,1-4H3. The summed E-state index contributed by atoms with van der Waals surface area (Å²) < 4.78 is 3.30. The highest BCUT2D eigenvalue weighted by atomic mass is 79.9. The Bertz CT molecular complexity index is 526. The number of nitrogens with zero attached hydrogens (tertiary/aromatic N) is 1. The summed E-state index contributed by atoms with van der Waals surface area (Å²) in [5, 5.41) is 4.66. The Morgan fingerprint density at radius 2 is 2.00 bits per heavy atom. The molecular weight excluding hydrogens is 264 g/mol. The van der Waals surface area contributed by atoms with Gasteiger partial charge in [0.25, 0.3) is 0 Å². The van der Waals surface area contributed by atoms with Gasteiger partial charge in [-0.2, -0.15) is 0 Å². The number of rotatable bonds is 2. The van der Waals surface area contributed by atoms with Gasteiger partial charge < -0.3 is 9.88 Å². The number of halogens is 1. The van der Waals surface area contributed by atoms with Crippen molar-refractivity contribution in [1.29, 1.82) is 0 Å². The minimum absolute atomic E-state index is 0.0136. The lowest BCUT2D eigenvalue weighted by Gasteiger charge is -2.23. The van der Waals surface area contributed by atoms with Crippen LogP contribution < -0.4 is 5.32 Å². The van der Waals surface area contributed by atoms with Gasteiger partial charge in [-0.1, -0.05) is 15.9 Å². The van der Waals surface area contributed by atoms with E-state index in [2.05, 4.69) is 71.1 Å². The quantitative estimate of drug-likeness (QED) is 0.892. The fourth-order valence-electron chi connectivity index (χ4n) is 2.00. The lowest BCUT2D eigenvalue weighted by molar-refractivity contribution is 0.447. The van der Waals surface area contributed by atoms with Gasteiger partial charge in [-0.05, 0) is 44.7 Å². The molecule has 1 aromatic heterocycles. The summed E-state index contributed by atoms with van der Waals surface area (Å²) in [6.45, 7) is 4.39. The monoisotopic (exact) mass is 280 g/mol. The maximum Gasteiger partial charge on any atom is 0.0482 e. The van der Waals surface area contributed by atoms with Crippen LogP contribution in [-0.2, 0) is 12.6 Å². The van der Waals surface area contributed by atoms with Crippen molar-refractivity contribution >= 4 is 26.8 Å². The van der Waals surface area contributed by atoms with Gasteiger partial charge in [0.1, 0.15) is 0 Å². The SMILES string of the molecule is CNC(C)(C)c1cn(C)c2ccc(Br)cc12. The molecule has 0 radical (unpaired) electrons. The Labute approximate surface area is 105 Å². The Balaban J connectivity index is 2.75. The van der Waals surface area contributed by atoms with Gasteiger partial charge in [0, 0.05) is 34.2 Å². The van der Waals surface area contributed by atoms with Gasteiger partial charge in [-0.25, -0.2) is 0 Å². The molecule has 0 saturated heterocycles. The van der Waals surface area contributed by atoms with Crippen LogP contribution in [-0.4, -0.2) is 11.6 Å². The number of benzene rings is 1. The predicted molar refractivity (Wildman–Crippen MR) is 72.7 cm³/mol. The third-order valence-corrected chi connectivity index (χ3v) is 3.74. The molecule has 2 rings (SSSR count). The van der Waals surface area contributed by atoms with Crippen LogP contribution in [0.3, 0.4) is 0 Å². The zero-order chi connectivity index (χ0) is 11.9. The molecule has 0 saturated carbocycles. The summed E-state index contributed by atoms with van der Waals surface area (Å²) in [6, 6.07) is 6.41. The second-order valence-corrected chi connectivity index (χ2v) is 5.61. The first kappa shape index (κ1) is 11.7. The molecule has 0 atom stereocenters. The van der Waals surface area contributed by atoms with Crippen molar-refractivity contribution in [2.45, 2.75) is 19.4 Å². The topological polar surface area (TPSA) is 17.0 Å². The van der Waals surface area contributed by atoms with Gasteiger partial charge in [-0.15, -0.1) is 0 Å². The molecule has 0 aliphatic rings. The smallest absolute Gasteiger partial charge is 0.0482 e. The van der Waals surface area contributed by atoms with Crippen molar-refractivity contribution in [1.82, 2.24) is 9.88 Å². The zero-order valence-corrected chi connectivity index (χ0v) is 11.7. The molecule has 3 heteroatoms. The second-order valence-electron chi connectivity index (χ2n) is 4.69. The van der Waals surface area contributed by atoms with Crippen LogP contribution in [0.2, 0.25) is 0 Å². The van der Waals surface area contributed by atoms with E-state index in [-0.39, 0.29) is 5.54 Å². The Kier molecular flexibility index (Phi) is 2.84. The van der Waals surface area contributed by atoms with Crippen LogP contribution in [0.1, 0.15) is 19.4 Å². The van der Waals surface area contributed by atoms with E-state index < -0.39 is 0 Å². The molecule has 0 unspecified atom stereocenters. The van der Waals surface area contributed by atoms with E-state index in [1.807, 2.05) is 7.05 Å². The summed E-state index contributed by atoms with van der Waals surface area (Å²) in [4.78, 5) is 0. The van der Waals surface area contributed by atoms with Crippen LogP contribution in [0.15, 0.2) is 28.9 Å². The van der Waals surface area contributed by atoms with Crippen molar-refractivity contribution in [3.63, 3.8) is 0 Å². The number of aryl methyl sites for hydroxylation is 1. The lowest BCUT2D eigenvalue weighted by Crippen LogP contribution is -2.32. The Hall–Kier alpha value is -0.800. The molecule has 1 N–H and O–H groups in total. The maximum absolute atomic E-state index is 3.53. The Morgan fingerprint density at radius 3 is 2.62 bits per heavy atom. The Morgan fingerprint density at radius 1 is 1.31 bits per heavy atom. The first-order valence-corrected chi connectivity index (χ1v) is 6.19. The summed E-state index contributed by atoms with van der Waals surface area (Å²) in [5.41, 5.74) is 2.58. The third-order valence-electron chi connectivity index (χ3n) is 3.25. The van der Waals surface area contributed by atoms with Gasteiger partial charge in [0.15, 0.2) is 0 Å². The van der Waals surface area contributed by atoms with Crippen molar-refractivity contribution in [2.75, 3.05) is 7.05 Å². The molecule has 1 heterocycles. The molecule has 0 bridgehead atoms. The number of fused-ring (bicyclic) bond motifs is 1. The van der Waals surface area contributed by atoms with Crippen molar-refractivity contribution in [3.05, 3.63) is 34.4 Å². The maximum atomic E-state index is 3.53. The third kappa shape index (κ3) is 1.78. The molecule has 2 nitrogen and oxygen atoms in total. The summed E-state index contributed by atoms with van der Waals surface area (Å²) in [5.74, 6) is 0. The van der Waals surface area contributed by atoms with Crippen LogP contribution >= 0.6 is 15.9 Å². The fraction of sp³-hybridized carbons (Fsp3) is 0.385. The van der Waals surface area contributed by atoms with Crippen LogP contribution in [0.4, 0.5) is 0 Å². The molecule has 0 fully saturated rings. The fourth-order valence-corrected chi connectivity index (χ4v) is 2.36. The van der Waals surface area contributed by atoms with E-state index in [9.17, 15) is 0 Å². The van der Waals surface area contributed by atoms with Crippen LogP contribution in [0.5, 0.6) is 0 Å². The van der Waals surface area contributed by atoms with Crippen LogP contribution in [0.25, 0.3) is 10.9 Å². The van der Waals surface area contributed by atoms with Crippen molar-refractivity contribution in [3.8, 4) is 0 Å². The minimum Gasteiger partial charge on any atom is -0.350 e. The van der Waals surface area contributed by atoms with E-state index in [0.717, 1.165) is 4.47 Å². The second kappa shape index (κ2) is 3.90. The normalized spacial score (nSPS) is 12.3. The number of aromatic nitrogens is 1. The summed E-state index contributed by atoms with van der Waals surface area (Å²) >= 11 is 3.53. The molecule has 0 spiro atoms. The van der Waals surface area contributed by atoms with E-state index in [1.165, 1.54) is 16.5 Å². The first-order chi connectivity index (χ1) is 7.45. The zero-order valence-electron chi connectivity index (χ0n) is 10.1. The molecule has 16 heavy (non-hydrogen) atoms. The van der Waals surface area contributed by atoms with E-state index >= 15 is 0 Å². The predicted octanol–water partition coefficient (Wildman–Crippen LogP) is 3.40. The number of hydrogen-bond donors (Lipinski definition) is 1. The van der Waals surface area contributed by atoms with E-state index in [4.69, 9.17) is 0 Å². The van der Waals surface area contributed by atoms with Gasteiger partial charge in [0.05, 0.1) is 0 Å². The van der Waals surface area contributed by atoms with Crippen LogP contribution in [0, 0.1) is 0 Å². The molecule has 1 aromatic carbocycles. The average Bonchev–Trinajstić information content (AvgIpc) is 2.56. The van der Waals surface area contributed by atoms with Crippen molar-refractivity contribution in [2.24, 2.45) is 7.05 Å². The number of nitrogens with one attached hydrogen (secondary N) is 1. The summed E-state index contributed by atoms with van der Waals surface area (Å²) in [7, 11) is 4.09.